The molecule has 0 unspecified atom stereocenters. The fraction of sp³-hybridized carbons (Fsp3) is 1.00. The summed E-state index contributed by atoms with van der Waals surface area (Å²) in [5, 5.41) is 8.51. The first-order valence-electron chi connectivity index (χ1n) is 2.43. The number of hydrogen-bond acceptors (Lipinski definition) is 3. The van der Waals surface area contributed by atoms with Gasteiger partial charge < -0.3 is 17.0 Å². The van der Waals surface area contributed by atoms with Gasteiger partial charge >= 0.3 is 0 Å². The lowest BCUT2D eigenvalue weighted by molar-refractivity contribution is 0.167. The lowest BCUT2D eigenvalue weighted by Crippen LogP contribution is -2.26. The van der Waals surface area contributed by atoms with Crippen LogP contribution in [0.4, 0.5) is 0 Å². The van der Waals surface area contributed by atoms with Gasteiger partial charge in [0.25, 0.3) is 0 Å². The number of aliphatic hydroxyl groups excluding tert-OH is 1. The van der Waals surface area contributed by atoms with E-state index >= 15 is 0 Å². The van der Waals surface area contributed by atoms with E-state index in [1.165, 1.54) is 0 Å². The molecule has 0 aromatic rings. The van der Waals surface area contributed by atoms with Crippen molar-refractivity contribution in [2.45, 2.75) is 13.8 Å². The van der Waals surface area contributed by atoms with Gasteiger partial charge in [-0.1, -0.05) is 13.8 Å². The van der Waals surface area contributed by atoms with Crippen LogP contribution in [0.1, 0.15) is 13.8 Å². The number of rotatable bonds is 2. The quantitative estimate of drug-likeness (QED) is 0.484. The smallest absolute Gasteiger partial charge is 0.0494 e. The van der Waals surface area contributed by atoms with Gasteiger partial charge in [0.15, 0.2) is 0 Å². The maximum absolute atomic E-state index is 8.51. The molecule has 0 aromatic heterocycles. The molecule has 0 heterocycles. The molecule has 0 bridgehead atoms. The monoisotopic (exact) mass is 120 g/mol. The van der Waals surface area contributed by atoms with Crippen LogP contribution in [0.2, 0.25) is 0 Å². The van der Waals surface area contributed by atoms with E-state index in [0.29, 0.717) is 6.54 Å². The Balaban J connectivity index is 0. The van der Waals surface area contributed by atoms with Crippen LogP contribution in [-0.2, 0) is 0 Å². The fourth-order valence-corrected chi connectivity index (χ4v) is 0.0645. The Bertz CT molecular complexity index is 48.4. The van der Waals surface area contributed by atoms with Crippen LogP contribution in [0.3, 0.4) is 0 Å². The molecule has 0 radical (unpaired) electrons. The Labute approximate surface area is 50.5 Å². The standard InChI is InChI=1S/C5H13NO.H3N/c1-5(2,3-6)4-7;/h7H,3-4,6H2,1-2H3;1H3. The van der Waals surface area contributed by atoms with Gasteiger partial charge in [-0.15, -0.1) is 0 Å². The highest BCUT2D eigenvalue weighted by Crippen LogP contribution is 2.08. The van der Waals surface area contributed by atoms with Crippen LogP contribution in [0.25, 0.3) is 0 Å². The molecule has 0 spiro atoms. The maximum atomic E-state index is 8.51. The van der Waals surface area contributed by atoms with E-state index in [9.17, 15) is 0 Å². The Kier molecular flexibility index (Phi) is 5.17. The van der Waals surface area contributed by atoms with Crippen molar-refractivity contribution in [2.75, 3.05) is 13.2 Å². The van der Waals surface area contributed by atoms with Crippen LogP contribution >= 0.6 is 0 Å². The van der Waals surface area contributed by atoms with E-state index in [1.54, 1.807) is 0 Å². The van der Waals surface area contributed by atoms with Crippen molar-refractivity contribution in [2.24, 2.45) is 11.1 Å². The molecule has 8 heavy (non-hydrogen) atoms. The first-order chi connectivity index (χ1) is 3.12. The third kappa shape index (κ3) is 4.05. The Morgan fingerprint density at radius 2 is 1.88 bits per heavy atom. The van der Waals surface area contributed by atoms with Gasteiger partial charge in [0.1, 0.15) is 0 Å². The maximum Gasteiger partial charge on any atom is 0.0494 e. The summed E-state index contributed by atoms with van der Waals surface area (Å²) in [5.74, 6) is 0. The first-order valence-corrected chi connectivity index (χ1v) is 2.43. The Morgan fingerprint density at radius 3 is 1.88 bits per heavy atom. The molecule has 52 valence electrons. The van der Waals surface area contributed by atoms with Crippen LogP contribution in [0, 0.1) is 5.41 Å². The molecule has 0 atom stereocenters. The summed E-state index contributed by atoms with van der Waals surface area (Å²) in [6, 6.07) is 0. The molecule has 0 aliphatic rings. The van der Waals surface area contributed by atoms with Crippen molar-refractivity contribution in [1.82, 2.24) is 6.15 Å². The second kappa shape index (κ2) is 3.83. The minimum atomic E-state index is -0.0833. The van der Waals surface area contributed by atoms with Crippen molar-refractivity contribution in [1.29, 1.82) is 0 Å². The molecule has 0 saturated heterocycles. The minimum absolute atomic E-state index is 0. The van der Waals surface area contributed by atoms with Gasteiger partial charge in [-0.05, 0) is 6.54 Å². The second-order valence-corrected chi connectivity index (χ2v) is 2.53. The summed E-state index contributed by atoms with van der Waals surface area (Å²) >= 11 is 0. The molecule has 6 N–H and O–H groups in total. The lowest BCUT2D eigenvalue weighted by Gasteiger charge is -2.17. The third-order valence-electron chi connectivity index (χ3n) is 0.981. The SMILES string of the molecule is CC(C)(CN)CO.N. The number of aliphatic hydroxyl groups is 1. The summed E-state index contributed by atoms with van der Waals surface area (Å²) in [5.41, 5.74) is 5.17. The molecule has 3 heteroatoms. The molecule has 0 aromatic carbocycles. The zero-order chi connectivity index (χ0) is 5.91. The van der Waals surface area contributed by atoms with Crippen molar-refractivity contribution >= 4 is 0 Å². The minimum Gasteiger partial charge on any atom is -0.396 e. The molecule has 0 saturated carbocycles. The van der Waals surface area contributed by atoms with Gasteiger partial charge in [-0.25, -0.2) is 0 Å². The average molecular weight is 120 g/mol. The van der Waals surface area contributed by atoms with E-state index in [1.807, 2.05) is 13.8 Å². The molecular formula is C5H16N2O. The highest BCUT2D eigenvalue weighted by Gasteiger charge is 2.11. The third-order valence-corrected chi connectivity index (χ3v) is 0.981. The van der Waals surface area contributed by atoms with E-state index in [0.717, 1.165) is 0 Å². The van der Waals surface area contributed by atoms with Crippen molar-refractivity contribution in [3.63, 3.8) is 0 Å². The predicted molar refractivity (Wildman–Crippen MR) is 34.9 cm³/mol. The largest absolute Gasteiger partial charge is 0.396 e. The van der Waals surface area contributed by atoms with Gasteiger partial charge in [0.05, 0.1) is 0 Å². The number of nitrogens with two attached hydrogens (primary N) is 1. The van der Waals surface area contributed by atoms with Gasteiger partial charge in [0.2, 0.25) is 0 Å². The summed E-state index contributed by atoms with van der Waals surface area (Å²) in [6.07, 6.45) is 0. The fourth-order valence-electron chi connectivity index (χ4n) is 0.0645. The van der Waals surface area contributed by atoms with Crippen LogP contribution in [0.5, 0.6) is 0 Å². The van der Waals surface area contributed by atoms with E-state index in [-0.39, 0.29) is 18.2 Å². The van der Waals surface area contributed by atoms with E-state index in [4.69, 9.17) is 10.8 Å². The van der Waals surface area contributed by atoms with Crippen LogP contribution in [0.15, 0.2) is 0 Å². The van der Waals surface area contributed by atoms with Crippen molar-refractivity contribution in [3.05, 3.63) is 0 Å². The van der Waals surface area contributed by atoms with Crippen molar-refractivity contribution < 1.29 is 5.11 Å². The summed E-state index contributed by atoms with van der Waals surface area (Å²) in [6.45, 7) is 4.56. The molecule has 0 aliphatic heterocycles. The highest BCUT2D eigenvalue weighted by molar-refractivity contribution is 4.65. The molecule has 0 aliphatic carbocycles. The molecular weight excluding hydrogens is 104 g/mol. The zero-order valence-electron chi connectivity index (χ0n) is 5.65. The molecule has 0 amide bonds. The van der Waals surface area contributed by atoms with Gasteiger partial charge in [-0.2, -0.15) is 0 Å². The Hall–Kier alpha value is -0.120. The summed E-state index contributed by atoms with van der Waals surface area (Å²) < 4.78 is 0. The summed E-state index contributed by atoms with van der Waals surface area (Å²) in [4.78, 5) is 0. The normalized spacial score (nSPS) is 10.5. The highest BCUT2D eigenvalue weighted by atomic mass is 16.3. The van der Waals surface area contributed by atoms with Crippen LogP contribution < -0.4 is 11.9 Å². The van der Waals surface area contributed by atoms with Crippen molar-refractivity contribution in [3.8, 4) is 0 Å². The molecule has 0 fully saturated rings. The molecule has 0 rings (SSSR count). The Morgan fingerprint density at radius 1 is 1.50 bits per heavy atom. The lowest BCUT2D eigenvalue weighted by atomic mass is 9.96. The van der Waals surface area contributed by atoms with Gasteiger partial charge in [0, 0.05) is 12.0 Å². The average Bonchev–Trinajstić information content (AvgIpc) is 1.68. The van der Waals surface area contributed by atoms with Crippen LogP contribution in [-0.4, -0.2) is 18.3 Å². The zero-order valence-corrected chi connectivity index (χ0v) is 5.65. The topological polar surface area (TPSA) is 81.2 Å². The van der Waals surface area contributed by atoms with Gasteiger partial charge in [-0.3, -0.25) is 0 Å². The molecule has 3 nitrogen and oxygen atoms in total. The number of hydrogen-bond donors (Lipinski definition) is 3. The summed E-state index contributed by atoms with van der Waals surface area (Å²) in [7, 11) is 0. The first kappa shape index (κ1) is 10.8. The predicted octanol–water partition coefficient (Wildman–Crippen LogP) is 0.126. The van der Waals surface area contributed by atoms with E-state index in [2.05, 4.69) is 0 Å². The van der Waals surface area contributed by atoms with E-state index < -0.39 is 0 Å². The second-order valence-electron chi connectivity index (χ2n) is 2.53.